The van der Waals surface area contributed by atoms with E-state index in [-0.39, 0.29) is 11.8 Å². The number of hydrogen-bond donors (Lipinski definition) is 0. The van der Waals surface area contributed by atoms with E-state index in [2.05, 4.69) is 36.1 Å². The average molecular weight is 375 g/mol. The van der Waals surface area contributed by atoms with Crippen LogP contribution in [0.15, 0.2) is 65.2 Å². The summed E-state index contributed by atoms with van der Waals surface area (Å²) in [4.78, 5) is 17.0. The lowest BCUT2D eigenvalue weighted by Gasteiger charge is -2.42. The Balaban J connectivity index is 1.68. The Labute approximate surface area is 164 Å². The minimum atomic E-state index is -0.142. The monoisotopic (exact) mass is 375 g/mol. The van der Waals surface area contributed by atoms with Gasteiger partial charge in [-0.1, -0.05) is 67.2 Å². The van der Waals surface area contributed by atoms with Gasteiger partial charge in [0.05, 0.1) is 29.2 Å². The molecule has 4 rings (SSSR count). The maximum absolute atomic E-state index is 12.9. The molecular formula is C22H21N3OS. The van der Waals surface area contributed by atoms with Gasteiger partial charge in [-0.15, -0.1) is 0 Å². The molecule has 0 bridgehead atoms. The van der Waals surface area contributed by atoms with Crippen LogP contribution in [0.25, 0.3) is 0 Å². The maximum Gasteiger partial charge on any atom is 0.229 e. The molecule has 1 atom stereocenters. The molecule has 2 aliphatic heterocycles. The standard InChI is InChI=1S/C22H21N3OS/c1-2-16-8-6-7-11-20(16)24-14-25-21(26)12-18(17-9-4-3-5-10-17)19(13-23)22(25)27-15-24/h3-11,18H,2,12,14-15H2,1H3/t18-/m1/s1. The number of nitrogens with zero attached hydrogens (tertiary/aromatic N) is 3. The van der Waals surface area contributed by atoms with Crippen molar-refractivity contribution < 1.29 is 4.79 Å². The van der Waals surface area contributed by atoms with E-state index in [1.165, 1.54) is 11.3 Å². The number of carbonyl (C=O) groups is 1. The molecule has 0 aromatic heterocycles. The Hall–Kier alpha value is -2.71. The molecule has 1 fully saturated rings. The lowest BCUT2D eigenvalue weighted by atomic mass is 9.86. The van der Waals surface area contributed by atoms with Crippen molar-refractivity contribution in [2.45, 2.75) is 25.7 Å². The van der Waals surface area contributed by atoms with Crippen molar-refractivity contribution in [2.24, 2.45) is 0 Å². The van der Waals surface area contributed by atoms with Crippen LogP contribution in [0, 0.1) is 11.3 Å². The van der Waals surface area contributed by atoms with Crippen molar-refractivity contribution in [1.29, 1.82) is 5.26 Å². The largest absolute Gasteiger partial charge is 0.343 e. The summed E-state index contributed by atoms with van der Waals surface area (Å²) in [5, 5.41) is 10.7. The van der Waals surface area contributed by atoms with Crippen molar-refractivity contribution >= 4 is 23.4 Å². The van der Waals surface area contributed by atoms with Gasteiger partial charge in [0.25, 0.3) is 0 Å². The van der Waals surface area contributed by atoms with Crippen LogP contribution in [0.5, 0.6) is 0 Å². The molecule has 0 saturated carbocycles. The highest BCUT2D eigenvalue weighted by atomic mass is 32.2. The SMILES string of the molecule is CCc1ccccc1N1CSC2=C(C#N)[C@@H](c3ccccc3)CC(=O)N2C1. The number of allylic oxidation sites excluding steroid dienone is 1. The molecule has 0 unspecified atom stereocenters. The van der Waals surface area contributed by atoms with Crippen molar-refractivity contribution in [3.63, 3.8) is 0 Å². The van der Waals surface area contributed by atoms with E-state index in [0.29, 0.717) is 18.7 Å². The number of thioether (sulfide) groups is 1. The molecule has 2 aromatic rings. The van der Waals surface area contributed by atoms with Gasteiger partial charge in [-0.3, -0.25) is 9.69 Å². The second kappa shape index (κ2) is 7.50. The summed E-state index contributed by atoms with van der Waals surface area (Å²) in [5.74, 6) is 0.684. The minimum absolute atomic E-state index is 0.0871. The lowest BCUT2D eigenvalue weighted by Crippen LogP contribution is -2.47. The predicted octanol–water partition coefficient (Wildman–Crippen LogP) is 4.47. The first-order valence-electron chi connectivity index (χ1n) is 9.18. The molecule has 136 valence electrons. The van der Waals surface area contributed by atoms with Gasteiger partial charge >= 0.3 is 0 Å². The number of rotatable bonds is 3. The number of benzene rings is 2. The highest BCUT2D eigenvalue weighted by Crippen LogP contribution is 2.43. The Kier molecular flexibility index (Phi) is 4.91. The third-order valence-electron chi connectivity index (χ3n) is 5.21. The van der Waals surface area contributed by atoms with Crippen LogP contribution in [0.4, 0.5) is 5.69 Å². The van der Waals surface area contributed by atoms with Gasteiger partial charge < -0.3 is 4.90 Å². The van der Waals surface area contributed by atoms with E-state index in [4.69, 9.17) is 0 Å². The third kappa shape index (κ3) is 3.22. The zero-order valence-corrected chi connectivity index (χ0v) is 16.1. The van der Waals surface area contributed by atoms with E-state index >= 15 is 0 Å². The Morgan fingerprint density at radius 3 is 2.63 bits per heavy atom. The van der Waals surface area contributed by atoms with Crippen molar-refractivity contribution in [3.8, 4) is 6.07 Å². The van der Waals surface area contributed by atoms with Crippen LogP contribution in [-0.4, -0.2) is 23.4 Å². The van der Waals surface area contributed by atoms with Crippen molar-refractivity contribution in [1.82, 2.24) is 4.90 Å². The number of anilines is 1. The summed E-state index contributed by atoms with van der Waals surface area (Å²) in [6.45, 7) is 2.65. The highest BCUT2D eigenvalue weighted by molar-refractivity contribution is 8.03. The summed E-state index contributed by atoms with van der Waals surface area (Å²) in [7, 11) is 0. The molecule has 1 saturated heterocycles. The molecule has 2 heterocycles. The predicted molar refractivity (Wildman–Crippen MR) is 109 cm³/mol. The van der Waals surface area contributed by atoms with Crippen LogP contribution < -0.4 is 4.90 Å². The van der Waals surface area contributed by atoms with E-state index in [1.54, 1.807) is 16.7 Å². The van der Waals surface area contributed by atoms with Crippen LogP contribution in [0.3, 0.4) is 0 Å². The summed E-state index contributed by atoms with van der Waals surface area (Å²) >= 11 is 1.59. The first-order chi connectivity index (χ1) is 13.2. The van der Waals surface area contributed by atoms with Crippen LogP contribution in [0.2, 0.25) is 0 Å². The second-order valence-corrected chi connectivity index (χ2v) is 7.69. The van der Waals surface area contributed by atoms with Gasteiger partial charge in [0.2, 0.25) is 5.91 Å². The summed E-state index contributed by atoms with van der Waals surface area (Å²) in [5.41, 5.74) is 4.20. The number of fused-ring (bicyclic) bond motifs is 1. The minimum Gasteiger partial charge on any atom is -0.343 e. The van der Waals surface area contributed by atoms with Crippen LogP contribution in [-0.2, 0) is 11.2 Å². The van der Waals surface area contributed by atoms with E-state index < -0.39 is 0 Å². The van der Waals surface area contributed by atoms with Gasteiger partial charge in [-0.05, 0) is 23.6 Å². The lowest BCUT2D eigenvalue weighted by molar-refractivity contribution is -0.129. The number of aryl methyl sites for hydroxylation is 1. The number of nitriles is 1. The number of hydrogen-bond acceptors (Lipinski definition) is 4. The molecule has 0 radical (unpaired) electrons. The van der Waals surface area contributed by atoms with Crippen LogP contribution >= 0.6 is 11.8 Å². The molecule has 0 spiro atoms. The zero-order valence-electron chi connectivity index (χ0n) is 15.3. The summed E-state index contributed by atoms with van der Waals surface area (Å²) < 4.78 is 0. The number of carbonyl (C=O) groups excluding carboxylic acids is 1. The van der Waals surface area contributed by atoms with Crippen molar-refractivity contribution in [3.05, 3.63) is 76.3 Å². The smallest absolute Gasteiger partial charge is 0.229 e. The number of amides is 1. The molecule has 0 aliphatic carbocycles. The van der Waals surface area contributed by atoms with Crippen molar-refractivity contribution in [2.75, 3.05) is 17.4 Å². The second-order valence-electron chi connectivity index (χ2n) is 6.76. The fraction of sp³-hybridized carbons (Fsp3) is 0.273. The average Bonchev–Trinajstić information content (AvgIpc) is 2.74. The topological polar surface area (TPSA) is 47.3 Å². The van der Waals surface area contributed by atoms with Gasteiger partial charge in [-0.2, -0.15) is 5.26 Å². The summed E-state index contributed by atoms with van der Waals surface area (Å²) in [6, 6.07) is 20.6. The van der Waals surface area contributed by atoms with E-state index in [0.717, 1.165) is 22.9 Å². The molecule has 2 aromatic carbocycles. The molecular weight excluding hydrogens is 354 g/mol. The van der Waals surface area contributed by atoms with Crippen LogP contribution in [0.1, 0.15) is 30.4 Å². The molecule has 1 amide bonds. The maximum atomic E-state index is 12.9. The van der Waals surface area contributed by atoms with Gasteiger partial charge in [0.15, 0.2) is 0 Å². The first kappa shape index (κ1) is 17.7. The molecule has 5 heteroatoms. The molecule has 2 aliphatic rings. The van der Waals surface area contributed by atoms with Gasteiger partial charge in [0.1, 0.15) is 0 Å². The van der Waals surface area contributed by atoms with Gasteiger partial charge in [0, 0.05) is 18.0 Å². The quantitative estimate of drug-likeness (QED) is 0.794. The fourth-order valence-electron chi connectivity index (χ4n) is 3.80. The van der Waals surface area contributed by atoms with Gasteiger partial charge in [-0.25, -0.2) is 0 Å². The number of para-hydroxylation sites is 1. The normalized spacial score (nSPS) is 19.7. The van der Waals surface area contributed by atoms with E-state index in [1.807, 2.05) is 36.4 Å². The Morgan fingerprint density at radius 2 is 1.89 bits per heavy atom. The Bertz CT molecular complexity index is 932. The Morgan fingerprint density at radius 1 is 1.15 bits per heavy atom. The highest BCUT2D eigenvalue weighted by Gasteiger charge is 2.38. The summed E-state index contributed by atoms with van der Waals surface area (Å²) in [6.07, 6.45) is 1.30. The fourth-order valence-corrected chi connectivity index (χ4v) is 4.96. The third-order valence-corrected chi connectivity index (χ3v) is 6.36. The van der Waals surface area contributed by atoms with E-state index in [9.17, 15) is 10.1 Å². The molecule has 0 N–H and O–H groups in total. The molecule has 27 heavy (non-hydrogen) atoms. The zero-order chi connectivity index (χ0) is 18.8. The molecule has 4 nitrogen and oxygen atoms in total. The first-order valence-corrected chi connectivity index (χ1v) is 10.2.